The molecular formula is C25H29N3O5S. The van der Waals surface area contributed by atoms with Gasteiger partial charge in [-0.25, -0.2) is 8.42 Å². The summed E-state index contributed by atoms with van der Waals surface area (Å²) >= 11 is 0. The van der Waals surface area contributed by atoms with Gasteiger partial charge in [0.05, 0.1) is 19.1 Å². The summed E-state index contributed by atoms with van der Waals surface area (Å²) in [4.78, 5) is 14.9. The Morgan fingerprint density at radius 3 is 1.94 bits per heavy atom. The molecule has 3 aromatic rings. The molecule has 2 heterocycles. The molecule has 1 saturated heterocycles. The lowest BCUT2D eigenvalue weighted by molar-refractivity contribution is 0.0698. The monoisotopic (exact) mass is 483 g/mol. The van der Waals surface area contributed by atoms with E-state index in [0.717, 1.165) is 17.1 Å². The fourth-order valence-corrected chi connectivity index (χ4v) is 5.71. The third kappa shape index (κ3) is 4.41. The second-order valence-corrected chi connectivity index (χ2v) is 10.1. The van der Waals surface area contributed by atoms with E-state index in [2.05, 4.69) is 16.7 Å². The summed E-state index contributed by atoms with van der Waals surface area (Å²) in [6, 6.07) is 16.2. The number of hydrogen-bond donors (Lipinski definition) is 0. The van der Waals surface area contributed by atoms with Crippen molar-refractivity contribution in [1.29, 1.82) is 0 Å². The first kappa shape index (κ1) is 23.8. The lowest BCUT2D eigenvalue weighted by Gasteiger charge is -2.34. The molecule has 0 aliphatic carbocycles. The van der Waals surface area contributed by atoms with Crippen LogP contribution < -0.4 is 9.47 Å². The number of nitrogens with zero attached hydrogens (tertiary/aromatic N) is 3. The van der Waals surface area contributed by atoms with Crippen LogP contribution in [0.25, 0.3) is 5.69 Å². The second kappa shape index (κ2) is 9.52. The standard InChI is InChI=1S/C25H29N3O5S/c1-18-5-6-19(2)28(18)21-9-7-20(8-10-21)25(29)26-13-15-27(16-14-26)34(30,31)22-11-12-23(32-3)24(17-22)33-4/h5-12,17H,13-16H2,1-4H3. The van der Waals surface area contributed by atoms with E-state index in [-0.39, 0.29) is 23.9 Å². The van der Waals surface area contributed by atoms with Gasteiger partial charge >= 0.3 is 0 Å². The van der Waals surface area contributed by atoms with Gasteiger partial charge in [-0.3, -0.25) is 4.79 Å². The van der Waals surface area contributed by atoms with Crippen molar-refractivity contribution in [2.24, 2.45) is 0 Å². The Morgan fingerprint density at radius 1 is 0.794 bits per heavy atom. The van der Waals surface area contributed by atoms with E-state index in [9.17, 15) is 13.2 Å². The minimum Gasteiger partial charge on any atom is -0.493 e. The lowest BCUT2D eigenvalue weighted by atomic mass is 10.1. The number of carbonyl (C=O) groups is 1. The Hall–Kier alpha value is -3.30. The van der Waals surface area contributed by atoms with Crippen LogP contribution in [0.5, 0.6) is 11.5 Å². The van der Waals surface area contributed by atoms with Gasteiger partial charge in [-0.15, -0.1) is 0 Å². The van der Waals surface area contributed by atoms with E-state index in [1.807, 2.05) is 38.1 Å². The van der Waals surface area contributed by atoms with Gasteiger partial charge < -0.3 is 18.9 Å². The number of benzene rings is 2. The first-order valence-corrected chi connectivity index (χ1v) is 12.5. The van der Waals surface area contributed by atoms with Crippen LogP contribution in [0.3, 0.4) is 0 Å². The van der Waals surface area contributed by atoms with Crippen LogP contribution in [0.1, 0.15) is 21.7 Å². The van der Waals surface area contributed by atoms with Crippen molar-refractivity contribution >= 4 is 15.9 Å². The zero-order valence-corrected chi connectivity index (χ0v) is 20.6. The van der Waals surface area contributed by atoms with Crippen LogP contribution in [0.2, 0.25) is 0 Å². The Morgan fingerprint density at radius 2 is 1.38 bits per heavy atom. The van der Waals surface area contributed by atoms with Crippen LogP contribution in [0.15, 0.2) is 59.5 Å². The third-order valence-corrected chi connectivity index (χ3v) is 8.06. The second-order valence-electron chi connectivity index (χ2n) is 8.21. The maximum absolute atomic E-state index is 13.1. The highest BCUT2D eigenvalue weighted by Gasteiger charge is 2.31. The summed E-state index contributed by atoms with van der Waals surface area (Å²) in [6.07, 6.45) is 0. The SMILES string of the molecule is COc1ccc(S(=O)(=O)N2CCN(C(=O)c3ccc(-n4c(C)ccc4C)cc3)CC2)cc1OC. The molecule has 0 unspecified atom stereocenters. The van der Waals surface area contributed by atoms with Gasteiger partial charge in [0.2, 0.25) is 10.0 Å². The Kier molecular flexibility index (Phi) is 6.67. The van der Waals surface area contributed by atoms with E-state index in [1.165, 1.54) is 30.7 Å². The van der Waals surface area contributed by atoms with Crippen LogP contribution >= 0.6 is 0 Å². The van der Waals surface area contributed by atoms with Crippen molar-refractivity contribution in [3.63, 3.8) is 0 Å². The van der Waals surface area contributed by atoms with Crippen molar-refractivity contribution in [1.82, 2.24) is 13.8 Å². The van der Waals surface area contributed by atoms with Gasteiger partial charge in [-0.05, 0) is 62.4 Å². The van der Waals surface area contributed by atoms with Crippen molar-refractivity contribution in [2.75, 3.05) is 40.4 Å². The number of hydrogen-bond acceptors (Lipinski definition) is 5. The molecule has 1 aromatic heterocycles. The van der Waals surface area contributed by atoms with Crippen LogP contribution in [-0.2, 0) is 10.0 Å². The molecule has 1 amide bonds. The molecule has 2 aromatic carbocycles. The largest absolute Gasteiger partial charge is 0.493 e. The third-order valence-electron chi connectivity index (χ3n) is 6.16. The number of amides is 1. The number of carbonyl (C=O) groups excluding carboxylic acids is 1. The predicted octanol–water partition coefficient (Wildman–Crippen LogP) is 3.26. The van der Waals surface area contributed by atoms with E-state index in [4.69, 9.17) is 9.47 Å². The molecule has 1 fully saturated rings. The van der Waals surface area contributed by atoms with Gasteiger partial charge in [0, 0.05) is 54.9 Å². The van der Waals surface area contributed by atoms with E-state index in [0.29, 0.717) is 30.2 Å². The Bertz CT molecular complexity index is 1270. The Labute approximate surface area is 200 Å². The molecule has 8 nitrogen and oxygen atoms in total. The molecule has 9 heteroatoms. The number of sulfonamides is 1. The van der Waals surface area contributed by atoms with Crippen LogP contribution in [-0.4, -0.2) is 68.5 Å². The highest BCUT2D eigenvalue weighted by atomic mass is 32.2. The molecule has 0 spiro atoms. The van der Waals surface area contributed by atoms with Crippen LogP contribution in [0, 0.1) is 13.8 Å². The summed E-state index contributed by atoms with van der Waals surface area (Å²) in [6.45, 7) is 5.18. The molecule has 0 N–H and O–H groups in total. The fraction of sp³-hybridized carbons (Fsp3) is 0.320. The number of piperazine rings is 1. The summed E-state index contributed by atoms with van der Waals surface area (Å²) in [5, 5.41) is 0. The topological polar surface area (TPSA) is 81.1 Å². The molecule has 34 heavy (non-hydrogen) atoms. The van der Waals surface area contributed by atoms with E-state index >= 15 is 0 Å². The number of aryl methyl sites for hydroxylation is 2. The average molecular weight is 484 g/mol. The summed E-state index contributed by atoms with van der Waals surface area (Å²) in [7, 11) is -0.753. The van der Waals surface area contributed by atoms with Crippen LogP contribution in [0.4, 0.5) is 0 Å². The quantitative estimate of drug-likeness (QED) is 0.538. The van der Waals surface area contributed by atoms with Crippen molar-refractivity contribution < 1.29 is 22.7 Å². The maximum atomic E-state index is 13.1. The fourth-order valence-electron chi connectivity index (χ4n) is 4.27. The highest BCUT2D eigenvalue weighted by Crippen LogP contribution is 2.31. The zero-order valence-electron chi connectivity index (χ0n) is 19.8. The smallest absolute Gasteiger partial charge is 0.253 e. The molecule has 0 radical (unpaired) electrons. The number of ether oxygens (including phenoxy) is 2. The van der Waals surface area contributed by atoms with Gasteiger partial charge in [0.25, 0.3) is 5.91 Å². The van der Waals surface area contributed by atoms with E-state index in [1.54, 1.807) is 11.0 Å². The molecule has 0 bridgehead atoms. The lowest BCUT2D eigenvalue weighted by Crippen LogP contribution is -2.50. The normalized spacial score (nSPS) is 14.8. The summed E-state index contributed by atoms with van der Waals surface area (Å²) in [5.74, 6) is 0.715. The molecule has 0 atom stereocenters. The molecule has 4 rings (SSSR count). The van der Waals surface area contributed by atoms with E-state index < -0.39 is 10.0 Å². The molecule has 0 saturated carbocycles. The Balaban J connectivity index is 1.44. The minimum absolute atomic E-state index is 0.101. The van der Waals surface area contributed by atoms with Crippen molar-refractivity contribution in [3.8, 4) is 17.2 Å². The number of aromatic nitrogens is 1. The van der Waals surface area contributed by atoms with Gasteiger partial charge in [0.1, 0.15) is 0 Å². The van der Waals surface area contributed by atoms with Crippen molar-refractivity contribution in [3.05, 3.63) is 71.5 Å². The summed E-state index contributed by atoms with van der Waals surface area (Å²) in [5.41, 5.74) is 3.84. The highest BCUT2D eigenvalue weighted by molar-refractivity contribution is 7.89. The number of rotatable bonds is 6. The predicted molar refractivity (Wildman–Crippen MR) is 129 cm³/mol. The zero-order chi connectivity index (χ0) is 24.5. The molecule has 180 valence electrons. The molecule has 1 aliphatic heterocycles. The summed E-state index contributed by atoms with van der Waals surface area (Å²) < 4.78 is 40.2. The van der Waals surface area contributed by atoms with Gasteiger partial charge in [-0.2, -0.15) is 4.31 Å². The minimum atomic E-state index is -3.72. The first-order chi connectivity index (χ1) is 16.3. The van der Waals surface area contributed by atoms with Gasteiger partial charge in [0.15, 0.2) is 11.5 Å². The maximum Gasteiger partial charge on any atom is 0.253 e. The average Bonchev–Trinajstić information content (AvgIpc) is 3.20. The number of methoxy groups -OCH3 is 2. The first-order valence-electron chi connectivity index (χ1n) is 11.0. The van der Waals surface area contributed by atoms with Crippen molar-refractivity contribution in [2.45, 2.75) is 18.7 Å². The molecule has 1 aliphatic rings. The van der Waals surface area contributed by atoms with Gasteiger partial charge in [-0.1, -0.05) is 0 Å². The molecular weight excluding hydrogens is 454 g/mol.